The van der Waals surface area contributed by atoms with Crippen LogP contribution in [-0.4, -0.2) is 10.9 Å². The molecule has 1 aromatic rings. The van der Waals surface area contributed by atoms with Gasteiger partial charge in [0.2, 0.25) is 5.91 Å². The molecule has 18 heavy (non-hydrogen) atoms. The third kappa shape index (κ3) is 3.02. The maximum atomic E-state index is 12.3. The van der Waals surface area contributed by atoms with E-state index in [2.05, 4.69) is 24.1 Å². The molecule has 0 spiro atoms. The zero-order valence-electron chi connectivity index (χ0n) is 10.9. The minimum Gasteiger partial charge on any atom is -0.324 e. The standard InChI is InChI=1S/C14H19ClN2O/c1-14(2)8-4-3-5-11(14)13(18)17-10-6-7-12(15)16-9-10/h6-7,9,11H,3-5,8H2,1-2H3,(H,17,18). The van der Waals surface area contributed by atoms with E-state index in [9.17, 15) is 4.79 Å². The predicted molar refractivity (Wildman–Crippen MR) is 73.6 cm³/mol. The molecule has 3 nitrogen and oxygen atoms in total. The maximum Gasteiger partial charge on any atom is 0.228 e. The molecule has 1 aliphatic carbocycles. The highest BCUT2D eigenvalue weighted by Crippen LogP contribution is 2.40. The molecule has 1 amide bonds. The Bertz CT molecular complexity index is 428. The van der Waals surface area contributed by atoms with Gasteiger partial charge in [0.1, 0.15) is 5.15 Å². The van der Waals surface area contributed by atoms with E-state index < -0.39 is 0 Å². The van der Waals surface area contributed by atoms with Crippen molar-refractivity contribution in [3.05, 3.63) is 23.5 Å². The average molecular weight is 267 g/mol. The number of hydrogen-bond acceptors (Lipinski definition) is 2. The van der Waals surface area contributed by atoms with Gasteiger partial charge in [0.25, 0.3) is 0 Å². The number of aromatic nitrogens is 1. The number of nitrogens with zero attached hydrogens (tertiary/aromatic N) is 1. The molecule has 0 saturated heterocycles. The summed E-state index contributed by atoms with van der Waals surface area (Å²) in [5, 5.41) is 3.37. The van der Waals surface area contributed by atoms with Crippen LogP contribution in [0.15, 0.2) is 18.3 Å². The first kappa shape index (κ1) is 13.3. The predicted octanol–water partition coefficient (Wildman–Crippen LogP) is 3.89. The summed E-state index contributed by atoms with van der Waals surface area (Å²) >= 11 is 5.72. The Morgan fingerprint density at radius 2 is 2.22 bits per heavy atom. The summed E-state index contributed by atoms with van der Waals surface area (Å²) in [5.74, 6) is 0.186. The van der Waals surface area contributed by atoms with Crippen molar-refractivity contribution in [1.82, 2.24) is 4.98 Å². The topological polar surface area (TPSA) is 42.0 Å². The number of nitrogens with one attached hydrogen (secondary N) is 1. The Morgan fingerprint density at radius 3 is 2.83 bits per heavy atom. The number of carbonyl (C=O) groups excluding carboxylic acids is 1. The number of anilines is 1. The Labute approximate surface area is 113 Å². The number of rotatable bonds is 2. The zero-order valence-corrected chi connectivity index (χ0v) is 11.6. The largest absolute Gasteiger partial charge is 0.324 e. The van der Waals surface area contributed by atoms with E-state index in [1.807, 2.05) is 0 Å². The van der Waals surface area contributed by atoms with Gasteiger partial charge < -0.3 is 5.32 Å². The molecule has 0 aliphatic heterocycles. The van der Waals surface area contributed by atoms with Crippen molar-refractivity contribution in [1.29, 1.82) is 0 Å². The molecule has 1 heterocycles. The monoisotopic (exact) mass is 266 g/mol. The van der Waals surface area contributed by atoms with Crippen LogP contribution in [0.3, 0.4) is 0 Å². The Kier molecular flexibility index (Phi) is 3.91. The second-order valence-corrected chi connectivity index (χ2v) is 6.03. The molecular formula is C14H19ClN2O. The van der Waals surface area contributed by atoms with Gasteiger partial charge in [-0.05, 0) is 30.4 Å². The third-order valence-electron chi connectivity index (χ3n) is 3.82. The number of halogens is 1. The lowest BCUT2D eigenvalue weighted by Crippen LogP contribution is -2.37. The first-order valence-corrected chi connectivity index (χ1v) is 6.79. The van der Waals surface area contributed by atoms with Gasteiger partial charge in [0.05, 0.1) is 11.9 Å². The van der Waals surface area contributed by atoms with E-state index in [1.54, 1.807) is 18.3 Å². The highest BCUT2D eigenvalue weighted by molar-refractivity contribution is 6.29. The SMILES string of the molecule is CC1(C)CCCCC1C(=O)Nc1ccc(Cl)nc1. The fourth-order valence-corrected chi connectivity index (χ4v) is 2.77. The van der Waals surface area contributed by atoms with Crippen molar-refractivity contribution >= 4 is 23.2 Å². The van der Waals surface area contributed by atoms with Gasteiger partial charge in [0.15, 0.2) is 0 Å². The first-order valence-electron chi connectivity index (χ1n) is 6.41. The van der Waals surface area contributed by atoms with Crippen LogP contribution < -0.4 is 5.32 Å². The second kappa shape index (κ2) is 5.27. The molecule has 1 aromatic heterocycles. The van der Waals surface area contributed by atoms with Crippen LogP contribution in [0, 0.1) is 11.3 Å². The van der Waals surface area contributed by atoms with Crippen molar-refractivity contribution in [2.45, 2.75) is 39.5 Å². The van der Waals surface area contributed by atoms with Crippen molar-refractivity contribution in [3.63, 3.8) is 0 Å². The van der Waals surface area contributed by atoms with Gasteiger partial charge in [-0.3, -0.25) is 4.79 Å². The lowest BCUT2D eigenvalue weighted by atomic mass is 9.68. The van der Waals surface area contributed by atoms with E-state index in [0.29, 0.717) is 10.8 Å². The van der Waals surface area contributed by atoms with E-state index in [1.165, 1.54) is 6.42 Å². The summed E-state index contributed by atoms with van der Waals surface area (Å²) in [6.07, 6.45) is 6.04. The minimum absolute atomic E-state index is 0.0851. The number of pyridine rings is 1. The Hall–Kier alpha value is -1.09. The van der Waals surface area contributed by atoms with Crippen LogP contribution in [0.25, 0.3) is 0 Å². The molecule has 1 saturated carbocycles. The van der Waals surface area contributed by atoms with E-state index in [4.69, 9.17) is 11.6 Å². The molecule has 2 rings (SSSR count). The molecule has 1 aliphatic rings. The normalized spacial score (nSPS) is 22.5. The van der Waals surface area contributed by atoms with Crippen LogP contribution in [0.5, 0.6) is 0 Å². The summed E-state index contributed by atoms with van der Waals surface area (Å²) in [6, 6.07) is 3.46. The molecule has 1 fully saturated rings. The van der Waals surface area contributed by atoms with Crippen molar-refractivity contribution in [3.8, 4) is 0 Å². The van der Waals surface area contributed by atoms with Gasteiger partial charge in [0, 0.05) is 5.92 Å². The molecule has 0 bridgehead atoms. The van der Waals surface area contributed by atoms with E-state index in [-0.39, 0.29) is 17.2 Å². The minimum atomic E-state index is 0.0851. The van der Waals surface area contributed by atoms with E-state index >= 15 is 0 Å². The third-order valence-corrected chi connectivity index (χ3v) is 4.04. The summed E-state index contributed by atoms with van der Waals surface area (Å²) in [6.45, 7) is 4.35. The van der Waals surface area contributed by atoms with Crippen LogP contribution in [0.1, 0.15) is 39.5 Å². The zero-order chi connectivity index (χ0) is 13.2. The van der Waals surface area contributed by atoms with Crippen molar-refractivity contribution in [2.24, 2.45) is 11.3 Å². The Balaban J connectivity index is 2.05. The van der Waals surface area contributed by atoms with Gasteiger partial charge in [-0.1, -0.05) is 38.3 Å². The molecule has 1 N–H and O–H groups in total. The van der Waals surface area contributed by atoms with Crippen LogP contribution in [0.2, 0.25) is 5.15 Å². The van der Waals surface area contributed by atoms with Gasteiger partial charge in [-0.15, -0.1) is 0 Å². The number of amides is 1. The molecule has 98 valence electrons. The summed E-state index contributed by atoms with van der Waals surface area (Å²) in [5.41, 5.74) is 0.799. The molecule has 1 unspecified atom stereocenters. The second-order valence-electron chi connectivity index (χ2n) is 5.65. The van der Waals surface area contributed by atoms with Gasteiger partial charge >= 0.3 is 0 Å². The fraction of sp³-hybridized carbons (Fsp3) is 0.571. The molecule has 0 radical (unpaired) electrons. The van der Waals surface area contributed by atoms with E-state index in [0.717, 1.165) is 19.3 Å². The van der Waals surface area contributed by atoms with Gasteiger partial charge in [-0.25, -0.2) is 4.98 Å². The van der Waals surface area contributed by atoms with Crippen LogP contribution in [-0.2, 0) is 4.79 Å². The smallest absolute Gasteiger partial charge is 0.228 e. The summed E-state index contributed by atoms with van der Waals surface area (Å²) < 4.78 is 0. The van der Waals surface area contributed by atoms with Gasteiger partial charge in [-0.2, -0.15) is 0 Å². The number of hydrogen-bond donors (Lipinski definition) is 1. The average Bonchev–Trinajstić information content (AvgIpc) is 2.31. The molecule has 4 heteroatoms. The first-order chi connectivity index (χ1) is 8.49. The molecule has 0 aromatic carbocycles. The van der Waals surface area contributed by atoms with Crippen LogP contribution >= 0.6 is 11.6 Å². The lowest BCUT2D eigenvalue weighted by molar-refractivity contribution is -0.124. The lowest BCUT2D eigenvalue weighted by Gasteiger charge is -2.37. The highest BCUT2D eigenvalue weighted by atomic mass is 35.5. The maximum absolute atomic E-state index is 12.3. The van der Waals surface area contributed by atoms with Crippen molar-refractivity contribution in [2.75, 3.05) is 5.32 Å². The Morgan fingerprint density at radius 1 is 1.44 bits per heavy atom. The highest BCUT2D eigenvalue weighted by Gasteiger charge is 2.37. The quantitative estimate of drug-likeness (QED) is 0.825. The summed E-state index contributed by atoms with van der Waals surface area (Å²) in [4.78, 5) is 16.3. The fourth-order valence-electron chi connectivity index (χ4n) is 2.66. The summed E-state index contributed by atoms with van der Waals surface area (Å²) in [7, 11) is 0. The van der Waals surface area contributed by atoms with Crippen molar-refractivity contribution < 1.29 is 4.79 Å². The van der Waals surface area contributed by atoms with Crippen LogP contribution in [0.4, 0.5) is 5.69 Å². The molecule has 1 atom stereocenters. The molecular weight excluding hydrogens is 248 g/mol. The number of carbonyl (C=O) groups is 1.